The highest BCUT2D eigenvalue weighted by Crippen LogP contribution is 2.20. The fraction of sp³-hybridized carbons (Fsp3) is 0.188. The van der Waals surface area contributed by atoms with E-state index >= 15 is 0 Å². The summed E-state index contributed by atoms with van der Waals surface area (Å²) in [5.41, 5.74) is 3.18. The average Bonchev–Trinajstić information content (AvgIpc) is 2.80. The van der Waals surface area contributed by atoms with Crippen molar-refractivity contribution in [1.29, 1.82) is 0 Å². The van der Waals surface area contributed by atoms with Crippen molar-refractivity contribution in [3.63, 3.8) is 0 Å². The normalized spacial score (nSPS) is 12.0. The number of nitrogens with zero attached hydrogens (tertiary/aromatic N) is 2. The Balaban J connectivity index is 1.81. The van der Waals surface area contributed by atoms with Gasteiger partial charge in [-0.1, -0.05) is 17.7 Å². The van der Waals surface area contributed by atoms with E-state index in [1.807, 2.05) is 32.2 Å². The molecule has 0 aliphatic carbocycles. The van der Waals surface area contributed by atoms with Gasteiger partial charge in [0.05, 0.1) is 0 Å². The lowest BCUT2D eigenvalue weighted by Gasteiger charge is -2.07. The van der Waals surface area contributed by atoms with E-state index in [-0.39, 0.29) is 16.6 Å². The molecule has 0 spiro atoms. The van der Waals surface area contributed by atoms with Crippen LogP contribution in [-0.4, -0.2) is 18.0 Å². The Hall–Kier alpha value is -1.89. The van der Waals surface area contributed by atoms with Crippen molar-refractivity contribution in [1.82, 2.24) is 14.3 Å². The molecule has 0 bridgehead atoms. The van der Waals surface area contributed by atoms with Gasteiger partial charge in [0.15, 0.2) is 0 Å². The van der Waals surface area contributed by atoms with Gasteiger partial charge < -0.3 is 4.57 Å². The number of rotatable bonds is 4. The lowest BCUT2D eigenvalue weighted by molar-refractivity contribution is 0.581. The Kier molecular flexibility index (Phi) is 4.14. The number of hydrogen-bond donors (Lipinski definition) is 1. The van der Waals surface area contributed by atoms with Gasteiger partial charge in [-0.2, -0.15) is 0 Å². The van der Waals surface area contributed by atoms with E-state index in [1.54, 1.807) is 0 Å². The third kappa shape index (κ3) is 3.24. The lowest BCUT2D eigenvalue weighted by Crippen LogP contribution is -2.23. The Morgan fingerprint density at radius 2 is 2.00 bits per heavy atom. The van der Waals surface area contributed by atoms with Crippen LogP contribution in [0.4, 0.5) is 0 Å². The molecule has 0 aliphatic rings. The van der Waals surface area contributed by atoms with Crippen LogP contribution in [0.5, 0.6) is 0 Å². The van der Waals surface area contributed by atoms with E-state index in [0.717, 1.165) is 22.2 Å². The molecular formula is C16H16ClN3O2S. The van der Waals surface area contributed by atoms with E-state index in [0.29, 0.717) is 0 Å². The molecular weight excluding hydrogens is 334 g/mol. The van der Waals surface area contributed by atoms with Crippen molar-refractivity contribution in [3.8, 4) is 0 Å². The van der Waals surface area contributed by atoms with Gasteiger partial charge in [-0.3, -0.25) is 0 Å². The van der Waals surface area contributed by atoms with E-state index in [9.17, 15) is 8.42 Å². The molecule has 0 radical (unpaired) electrons. The largest absolute Gasteiger partial charge is 0.348 e. The van der Waals surface area contributed by atoms with Gasteiger partial charge in [-0.15, -0.1) is 0 Å². The van der Waals surface area contributed by atoms with Crippen molar-refractivity contribution in [3.05, 3.63) is 59.0 Å². The van der Waals surface area contributed by atoms with Gasteiger partial charge in [0.2, 0.25) is 10.0 Å². The third-order valence-corrected chi connectivity index (χ3v) is 5.43. The van der Waals surface area contributed by atoms with E-state index in [4.69, 9.17) is 11.6 Å². The van der Waals surface area contributed by atoms with E-state index < -0.39 is 10.0 Å². The number of halogens is 1. The van der Waals surface area contributed by atoms with Crippen LogP contribution in [-0.2, 0) is 23.6 Å². The predicted molar refractivity (Wildman–Crippen MR) is 90.9 cm³/mol. The van der Waals surface area contributed by atoms with Crippen molar-refractivity contribution in [2.24, 2.45) is 7.05 Å². The highest BCUT2D eigenvalue weighted by Gasteiger charge is 2.14. The maximum absolute atomic E-state index is 12.2. The van der Waals surface area contributed by atoms with Crippen LogP contribution in [0.1, 0.15) is 11.3 Å². The minimum absolute atomic E-state index is 0.0959. The maximum Gasteiger partial charge on any atom is 0.242 e. The molecule has 0 aliphatic heterocycles. The van der Waals surface area contributed by atoms with Crippen LogP contribution in [0.3, 0.4) is 0 Å². The molecule has 7 heteroatoms. The molecule has 2 aromatic heterocycles. The number of sulfonamides is 1. The first-order valence-corrected chi connectivity index (χ1v) is 8.89. The van der Waals surface area contributed by atoms with Gasteiger partial charge >= 0.3 is 0 Å². The average molecular weight is 350 g/mol. The highest BCUT2D eigenvalue weighted by atomic mass is 35.5. The smallest absolute Gasteiger partial charge is 0.242 e. The Bertz CT molecular complexity index is 963. The quantitative estimate of drug-likeness (QED) is 0.736. The summed E-state index contributed by atoms with van der Waals surface area (Å²) in [4.78, 5) is 3.89. The minimum Gasteiger partial charge on any atom is -0.348 e. The molecule has 2 heterocycles. The van der Waals surface area contributed by atoms with Crippen molar-refractivity contribution >= 4 is 32.5 Å². The zero-order valence-corrected chi connectivity index (χ0v) is 14.3. The fourth-order valence-electron chi connectivity index (χ4n) is 2.43. The van der Waals surface area contributed by atoms with Gasteiger partial charge in [0, 0.05) is 36.4 Å². The molecule has 3 rings (SSSR count). The van der Waals surface area contributed by atoms with Gasteiger partial charge in [-0.25, -0.2) is 18.1 Å². The summed E-state index contributed by atoms with van der Waals surface area (Å²) in [5, 5.41) is 1.35. The zero-order valence-electron chi connectivity index (χ0n) is 12.7. The lowest BCUT2D eigenvalue weighted by atomic mass is 10.1. The van der Waals surface area contributed by atoms with Crippen molar-refractivity contribution in [2.75, 3.05) is 0 Å². The summed E-state index contributed by atoms with van der Waals surface area (Å²) >= 11 is 5.68. The fourth-order valence-corrected chi connectivity index (χ4v) is 3.50. The molecule has 1 N–H and O–H groups in total. The van der Waals surface area contributed by atoms with Gasteiger partial charge in [0.1, 0.15) is 10.0 Å². The van der Waals surface area contributed by atoms with Crippen LogP contribution >= 0.6 is 11.6 Å². The van der Waals surface area contributed by atoms with Crippen molar-refractivity contribution in [2.45, 2.75) is 18.4 Å². The van der Waals surface area contributed by atoms with Crippen LogP contribution < -0.4 is 4.72 Å². The van der Waals surface area contributed by atoms with E-state index in [1.165, 1.54) is 18.3 Å². The second kappa shape index (κ2) is 5.96. The molecule has 23 heavy (non-hydrogen) atoms. The summed E-state index contributed by atoms with van der Waals surface area (Å²) in [6, 6.07) is 10.9. The standard InChI is InChI=1S/C16H16ClN3O2S/c1-11-7-13-8-12(3-5-15(13)20(11)2)9-19-23(21,22)14-4-6-16(17)18-10-14/h3-8,10,19H,9H2,1-2H3. The van der Waals surface area contributed by atoms with Crippen LogP contribution in [0.25, 0.3) is 10.9 Å². The number of aryl methyl sites for hydroxylation is 2. The third-order valence-electron chi connectivity index (χ3n) is 3.82. The number of nitrogens with one attached hydrogen (secondary N) is 1. The van der Waals surface area contributed by atoms with Gasteiger partial charge in [0.25, 0.3) is 0 Å². The second-order valence-corrected chi connectivity index (χ2v) is 7.53. The Morgan fingerprint density at radius 1 is 1.22 bits per heavy atom. The Labute approximate surface area is 140 Å². The summed E-state index contributed by atoms with van der Waals surface area (Å²) in [5.74, 6) is 0. The molecule has 0 saturated heterocycles. The zero-order chi connectivity index (χ0) is 16.6. The first kappa shape index (κ1) is 16.0. The maximum atomic E-state index is 12.2. The SMILES string of the molecule is Cc1cc2cc(CNS(=O)(=O)c3ccc(Cl)nc3)ccc2n1C. The number of pyridine rings is 1. The molecule has 3 aromatic rings. The molecule has 1 aromatic carbocycles. The predicted octanol–water partition coefficient (Wildman–Crippen LogP) is 3.01. The second-order valence-electron chi connectivity index (χ2n) is 5.38. The Morgan fingerprint density at radius 3 is 2.70 bits per heavy atom. The first-order valence-electron chi connectivity index (χ1n) is 7.03. The molecule has 120 valence electrons. The summed E-state index contributed by atoms with van der Waals surface area (Å²) in [6.45, 7) is 2.25. The number of benzene rings is 1. The van der Waals surface area contributed by atoms with Crippen LogP contribution in [0, 0.1) is 6.92 Å². The van der Waals surface area contributed by atoms with Crippen LogP contribution in [0.15, 0.2) is 47.5 Å². The molecule has 0 saturated carbocycles. The minimum atomic E-state index is -3.61. The molecule has 0 amide bonds. The molecule has 0 atom stereocenters. The first-order chi connectivity index (χ1) is 10.9. The molecule has 5 nitrogen and oxygen atoms in total. The summed E-state index contributed by atoms with van der Waals surface area (Å²) in [7, 11) is -1.60. The summed E-state index contributed by atoms with van der Waals surface area (Å²) in [6.07, 6.45) is 1.24. The van der Waals surface area contributed by atoms with E-state index in [2.05, 4.69) is 20.3 Å². The number of hydrogen-bond acceptors (Lipinski definition) is 3. The molecule has 0 unspecified atom stereocenters. The number of aromatic nitrogens is 2. The van der Waals surface area contributed by atoms with Crippen LogP contribution in [0.2, 0.25) is 5.15 Å². The summed E-state index contributed by atoms with van der Waals surface area (Å²) < 4.78 is 29.2. The highest BCUT2D eigenvalue weighted by molar-refractivity contribution is 7.89. The monoisotopic (exact) mass is 349 g/mol. The number of fused-ring (bicyclic) bond motifs is 1. The topological polar surface area (TPSA) is 64.0 Å². The molecule has 0 fully saturated rings. The van der Waals surface area contributed by atoms with Gasteiger partial charge in [-0.05, 0) is 42.8 Å². The van der Waals surface area contributed by atoms with Crippen molar-refractivity contribution < 1.29 is 8.42 Å².